The molecule has 1 atom stereocenters. The Kier molecular flexibility index (Phi) is 3.19. The van der Waals surface area contributed by atoms with Gasteiger partial charge in [0.05, 0.1) is 6.04 Å². The van der Waals surface area contributed by atoms with Gasteiger partial charge in [0.2, 0.25) is 0 Å². The van der Waals surface area contributed by atoms with Gasteiger partial charge in [-0.3, -0.25) is 0 Å². The van der Waals surface area contributed by atoms with Gasteiger partial charge in [0.1, 0.15) is 5.01 Å². The van der Waals surface area contributed by atoms with Crippen LogP contribution in [0.25, 0.3) is 0 Å². The molecule has 0 bridgehead atoms. The van der Waals surface area contributed by atoms with Crippen molar-refractivity contribution < 1.29 is 0 Å². The van der Waals surface area contributed by atoms with Crippen LogP contribution in [0.1, 0.15) is 27.2 Å². The first-order valence-corrected chi connectivity index (χ1v) is 6.61. The van der Waals surface area contributed by atoms with Gasteiger partial charge in [0.25, 0.3) is 0 Å². The van der Waals surface area contributed by atoms with Crippen molar-refractivity contribution in [3.05, 3.63) is 38.0 Å². The summed E-state index contributed by atoms with van der Waals surface area (Å²) in [5.74, 6) is 0. The van der Waals surface area contributed by atoms with Crippen molar-refractivity contribution in [3.63, 3.8) is 0 Å². The van der Waals surface area contributed by atoms with Gasteiger partial charge in [0.15, 0.2) is 0 Å². The van der Waals surface area contributed by atoms with E-state index in [0.29, 0.717) is 0 Å². The molecule has 1 N–H and O–H groups in total. The number of aryl methyl sites for hydroxylation is 2. The van der Waals surface area contributed by atoms with E-state index in [2.05, 4.69) is 34.1 Å². The lowest BCUT2D eigenvalue weighted by atomic mass is 10.2. The number of hydrogen-bond acceptors (Lipinski definition) is 4. The average molecular weight is 238 g/mol. The molecule has 0 amide bonds. The molecule has 0 saturated carbocycles. The van der Waals surface area contributed by atoms with Crippen LogP contribution in [0.5, 0.6) is 0 Å². The zero-order chi connectivity index (χ0) is 10.8. The van der Waals surface area contributed by atoms with Crippen molar-refractivity contribution in [3.8, 4) is 0 Å². The van der Waals surface area contributed by atoms with E-state index in [0.717, 1.165) is 10.7 Å². The summed E-state index contributed by atoms with van der Waals surface area (Å²) in [6.45, 7) is 4.19. The van der Waals surface area contributed by atoms with E-state index in [1.807, 2.05) is 14.0 Å². The summed E-state index contributed by atoms with van der Waals surface area (Å²) in [5.41, 5.74) is 2.44. The highest BCUT2D eigenvalue weighted by Crippen LogP contribution is 2.30. The summed E-state index contributed by atoms with van der Waals surface area (Å²) in [6, 6.07) is 2.41. The van der Waals surface area contributed by atoms with Crippen LogP contribution in [0.2, 0.25) is 0 Å². The topological polar surface area (TPSA) is 24.9 Å². The third-order valence-electron chi connectivity index (χ3n) is 2.34. The molecule has 0 aliphatic carbocycles. The second-order valence-electron chi connectivity index (χ2n) is 3.52. The van der Waals surface area contributed by atoms with Gasteiger partial charge >= 0.3 is 0 Å². The van der Waals surface area contributed by atoms with Gasteiger partial charge in [-0.25, -0.2) is 4.98 Å². The first kappa shape index (κ1) is 10.8. The fourth-order valence-corrected chi connectivity index (χ4v) is 3.58. The molecule has 2 aromatic heterocycles. The fourth-order valence-electron chi connectivity index (χ4n) is 1.55. The molecule has 0 aliphatic heterocycles. The molecule has 0 aliphatic rings. The van der Waals surface area contributed by atoms with Gasteiger partial charge in [-0.2, -0.15) is 0 Å². The highest BCUT2D eigenvalue weighted by Gasteiger charge is 2.18. The maximum Gasteiger partial charge on any atom is 0.115 e. The summed E-state index contributed by atoms with van der Waals surface area (Å²) < 4.78 is 0. The SMILES string of the molecule is CNC(c1nc(C)cs1)c1sccc1C. The second kappa shape index (κ2) is 4.43. The first-order valence-electron chi connectivity index (χ1n) is 4.85. The Bertz CT molecular complexity index is 445. The molecular formula is C11H14N2S2. The lowest BCUT2D eigenvalue weighted by Gasteiger charge is -2.12. The van der Waals surface area contributed by atoms with E-state index in [1.165, 1.54) is 10.4 Å². The van der Waals surface area contributed by atoms with Gasteiger partial charge in [-0.1, -0.05) is 0 Å². The quantitative estimate of drug-likeness (QED) is 0.888. The Morgan fingerprint density at radius 2 is 2.13 bits per heavy atom. The summed E-state index contributed by atoms with van der Waals surface area (Å²) in [7, 11) is 1.99. The third kappa shape index (κ3) is 2.12. The van der Waals surface area contributed by atoms with Crippen LogP contribution in [0, 0.1) is 13.8 Å². The van der Waals surface area contributed by atoms with Crippen LogP contribution >= 0.6 is 22.7 Å². The van der Waals surface area contributed by atoms with Crippen LogP contribution in [0.15, 0.2) is 16.8 Å². The van der Waals surface area contributed by atoms with E-state index in [4.69, 9.17) is 0 Å². The van der Waals surface area contributed by atoms with Crippen LogP contribution in [0.3, 0.4) is 0 Å². The van der Waals surface area contributed by atoms with E-state index < -0.39 is 0 Å². The van der Waals surface area contributed by atoms with Gasteiger partial charge in [-0.05, 0) is 37.9 Å². The van der Waals surface area contributed by atoms with Crippen LogP contribution in [-0.4, -0.2) is 12.0 Å². The normalized spacial score (nSPS) is 13.0. The molecule has 0 fully saturated rings. The zero-order valence-electron chi connectivity index (χ0n) is 9.07. The minimum absolute atomic E-state index is 0.253. The van der Waals surface area contributed by atoms with Crippen LogP contribution in [0.4, 0.5) is 0 Å². The average Bonchev–Trinajstić information content (AvgIpc) is 2.79. The molecule has 0 spiro atoms. The maximum absolute atomic E-state index is 4.54. The zero-order valence-corrected chi connectivity index (χ0v) is 10.7. The van der Waals surface area contributed by atoms with E-state index in [-0.39, 0.29) is 6.04 Å². The highest BCUT2D eigenvalue weighted by atomic mass is 32.1. The number of nitrogens with zero attached hydrogens (tertiary/aromatic N) is 1. The number of thiazole rings is 1. The number of aromatic nitrogens is 1. The van der Waals surface area contributed by atoms with Crippen molar-refractivity contribution >= 4 is 22.7 Å². The van der Waals surface area contributed by atoms with Crippen molar-refractivity contribution in [1.29, 1.82) is 0 Å². The number of rotatable bonds is 3. The first-order chi connectivity index (χ1) is 7.22. The van der Waals surface area contributed by atoms with Crippen LogP contribution < -0.4 is 5.32 Å². The minimum Gasteiger partial charge on any atom is -0.307 e. The number of hydrogen-bond donors (Lipinski definition) is 1. The van der Waals surface area contributed by atoms with Crippen molar-refractivity contribution in [2.24, 2.45) is 0 Å². The number of thiophene rings is 1. The standard InChI is InChI=1S/C11H14N2S2/c1-7-4-5-14-10(7)9(12-3)11-13-8(2)6-15-11/h4-6,9,12H,1-3H3. The smallest absolute Gasteiger partial charge is 0.115 e. The van der Waals surface area contributed by atoms with Crippen molar-refractivity contribution in [2.75, 3.05) is 7.05 Å². The Morgan fingerprint density at radius 3 is 2.60 bits per heavy atom. The summed E-state index contributed by atoms with van der Waals surface area (Å²) >= 11 is 3.51. The van der Waals surface area contributed by atoms with Crippen LogP contribution in [-0.2, 0) is 0 Å². The lowest BCUT2D eigenvalue weighted by molar-refractivity contribution is 0.693. The highest BCUT2D eigenvalue weighted by molar-refractivity contribution is 7.11. The Morgan fingerprint density at radius 1 is 1.33 bits per heavy atom. The predicted molar refractivity (Wildman–Crippen MR) is 66.8 cm³/mol. The molecule has 80 valence electrons. The minimum atomic E-state index is 0.253. The predicted octanol–water partition coefficient (Wildman–Crippen LogP) is 3.13. The molecule has 2 rings (SSSR count). The van der Waals surface area contributed by atoms with Crippen molar-refractivity contribution in [1.82, 2.24) is 10.3 Å². The maximum atomic E-state index is 4.54. The lowest BCUT2D eigenvalue weighted by Crippen LogP contribution is -2.17. The second-order valence-corrected chi connectivity index (χ2v) is 5.35. The Hall–Kier alpha value is -0.710. The molecule has 4 heteroatoms. The molecule has 1 unspecified atom stereocenters. The molecule has 2 heterocycles. The Balaban J connectivity index is 2.36. The van der Waals surface area contributed by atoms with E-state index in [1.54, 1.807) is 22.7 Å². The Labute approximate surface area is 98.0 Å². The summed E-state index contributed by atoms with van der Waals surface area (Å²) in [4.78, 5) is 5.91. The van der Waals surface area contributed by atoms with Gasteiger partial charge in [0, 0.05) is 16.0 Å². The van der Waals surface area contributed by atoms with Gasteiger partial charge < -0.3 is 5.32 Å². The third-order valence-corrected chi connectivity index (χ3v) is 4.45. The summed E-state index contributed by atoms with van der Waals surface area (Å²) in [5, 5.41) is 8.72. The van der Waals surface area contributed by atoms with E-state index >= 15 is 0 Å². The van der Waals surface area contributed by atoms with Gasteiger partial charge in [-0.15, -0.1) is 22.7 Å². The number of nitrogens with one attached hydrogen (secondary N) is 1. The molecule has 2 aromatic rings. The molecular weight excluding hydrogens is 224 g/mol. The molecule has 0 aromatic carbocycles. The summed E-state index contributed by atoms with van der Waals surface area (Å²) in [6.07, 6.45) is 0. The van der Waals surface area contributed by atoms with E-state index in [9.17, 15) is 0 Å². The monoisotopic (exact) mass is 238 g/mol. The van der Waals surface area contributed by atoms with Crippen molar-refractivity contribution in [2.45, 2.75) is 19.9 Å². The molecule has 0 radical (unpaired) electrons. The molecule has 15 heavy (non-hydrogen) atoms. The largest absolute Gasteiger partial charge is 0.307 e. The fraction of sp³-hybridized carbons (Fsp3) is 0.364. The molecule has 0 saturated heterocycles. The molecule has 2 nitrogen and oxygen atoms in total.